The van der Waals surface area contributed by atoms with Gasteiger partial charge in [-0.2, -0.15) is 0 Å². The van der Waals surface area contributed by atoms with E-state index in [1.807, 2.05) is 4.57 Å². The Bertz CT molecular complexity index is 574. The molecule has 102 valence electrons. The quantitative estimate of drug-likeness (QED) is 0.935. The number of nitrogens with zero attached hydrogens (tertiary/aromatic N) is 4. The molecule has 6 heteroatoms. The Balaban J connectivity index is 1.78. The van der Waals surface area contributed by atoms with Crippen molar-refractivity contribution in [3.63, 3.8) is 0 Å². The molecule has 2 aromatic heterocycles. The van der Waals surface area contributed by atoms with Gasteiger partial charge in [0, 0.05) is 19.3 Å². The van der Waals surface area contributed by atoms with Gasteiger partial charge < -0.3 is 10.6 Å². The van der Waals surface area contributed by atoms with Crippen molar-refractivity contribution >= 4 is 28.7 Å². The lowest BCUT2D eigenvalue weighted by Gasteiger charge is -2.26. The number of hydrogen-bond donors (Lipinski definition) is 1. The summed E-state index contributed by atoms with van der Waals surface area (Å²) >= 11 is 5.92. The number of aromatic nitrogens is 3. The van der Waals surface area contributed by atoms with Gasteiger partial charge >= 0.3 is 0 Å². The van der Waals surface area contributed by atoms with Gasteiger partial charge in [0.1, 0.15) is 5.52 Å². The second-order valence-electron chi connectivity index (χ2n) is 5.02. The van der Waals surface area contributed by atoms with E-state index in [9.17, 15) is 0 Å². The molecular weight excluding hydrogens is 262 g/mol. The first kappa shape index (κ1) is 12.7. The van der Waals surface area contributed by atoms with Crippen LogP contribution in [0.15, 0.2) is 12.3 Å². The second-order valence-corrected chi connectivity index (χ2v) is 5.46. The number of hydrogen-bond acceptors (Lipinski definition) is 4. The maximum Gasteiger partial charge on any atom is 0.202 e. The Labute approximate surface area is 117 Å². The maximum absolute atomic E-state index is 5.97. The van der Waals surface area contributed by atoms with E-state index in [4.69, 9.17) is 17.3 Å². The molecule has 2 aromatic rings. The molecule has 19 heavy (non-hydrogen) atoms. The Hall–Kier alpha value is -1.33. The minimum Gasteiger partial charge on any atom is -0.369 e. The zero-order valence-electron chi connectivity index (χ0n) is 10.8. The zero-order chi connectivity index (χ0) is 13.2. The highest BCUT2D eigenvalue weighted by Crippen LogP contribution is 2.19. The molecule has 0 bridgehead atoms. The first-order valence-electron chi connectivity index (χ1n) is 6.73. The van der Waals surface area contributed by atoms with Crippen LogP contribution in [0.3, 0.4) is 0 Å². The summed E-state index contributed by atoms with van der Waals surface area (Å²) in [7, 11) is 0. The van der Waals surface area contributed by atoms with E-state index >= 15 is 0 Å². The van der Waals surface area contributed by atoms with Crippen LogP contribution < -0.4 is 5.73 Å². The Morgan fingerprint density at radius 2 is 2.00 bits per heavy atom. The third-order valence-corrected chi connectivity index (χ3v) is 3.88. The highest BCUT2D eigenvalue weighted by atomic mass is 35.5. The van der Waals surface area contributed by atoms with Crippen molar-refractivity contribution in [2.45, 2.75) is 25.8 Å². The fourth-order valence-corrected chi connectivity index (χ4v) is 2.80. The summed E-state index contributed by atoms with van der Waals surface area (Å²) in [5.41, 5.74) is 7.55. The van der Waals surface area contributed by atoms with Crippen LogP contribution in [0.4, 0.5) is 5.95 Å². The van der Waals surface area contributed by atoms with Gasteiger partial charge in [0.15, 0.2) is 5.65 Å². The number of fused-ring (bicyclic) bond motifs is 1. The molecule has 0 unspecified atom stereocenters. The molecule has 1 aliphatic heterocycles. The Morgan fingerprint density at radius 1 is 1.21 bits per heavy atom. The maximum atomic E-state index is 5.97. The monoisotopic (exact) mass is 279 g/mol. The molecule has 5 nitrogen and oxygen atoms in total. The van der Waals surface area contributed by atoms with E-state index in [1.54, 1.807) is 12.3 Å². The van der Waals surface area contributed by atoms with Crippen molar-refractivity contribution in [1.82, 2.24) is 19.4 Å². The van der Waals surface area contributed by atoms with E-state index in [0.29, 0.717) is 11.0 Å². The van der Waals surface area contributed by atoms with Gasteiger partial charge in [-0.3, -0.25) is 4.57 Å². The predicted octanol–water partition coefficient (Wildman–Crippen LogP) is 2.15. The van der Waals surface area contributed by atoms with Crippen LogP contribution >= 0.6 is 11.6 Å². The van der Waals surface area contributed by atoms with Gasteiger partial charge in [-0.1, -0.05) is 18.0 Å². The summed E-state index contributed by atoms with van der Waals surface area (Å²) in [6.45, 7) is 4.20. The molecule has 1 aliphatic rings. The van der Waals surface area contributed by atoms with E-state index in [0.717, 1.165) is 24.3 Å². The van der Waals surface area contributed by atoms with Crippen molar-refractivity contribution in [2.75, 3.05) is 25.4 Å². The molecule has 1 fully saturated rings. The summed E-state index contributed by atoms with van der Waals surface area (Å²) in [5, 5.41) is 0.591. The van der Waals surface area contributed by atoms with Crippen LogP contribution in [-0.4, -0.2) is 39.1 Å². The van der Waals surface area contributed by atoms with Crippen molar-refractivity contribution in [1.29, 1.82) is 0 Å². The summed E-state index contributed by atoms with van der Waals surface area (Å²) in [4.78, 5) is 11.1. The zero-order valence-corrected chi connectivity index (χ0v) is 11.6. The molecule has 3 rings (SSSR count). The average molecular weight is 280 g/mol. The predicted molar refractivity (Wildman–Crippen MR) is 77.2 cm³/mol. The van der Waals surface area contributed by atoms with E-state index < -0.39 is 0 Å². The number of halogens is 1. The first-order chi connectivity index (χ1) is 9.24. The highest BCUT2D eigenvalue weighted by Gasteiger charge is 2.13. The largest absolute Gasteiger partial charge is 0.369 e. The Kier molecular flexibility index (Phi) is 3.57. The number of piperidine rings is 1. The van der Waals surface area contributed by atoms with Crippen molar-refractivity contribution in [3.05, 3.63) is 17.3 Å². The fraction of sp³-hybridized carbons (Fsp3) is 0.538. The van der Waals surface area contributed by atoms with Crippen LogP contribution in [0.25, 0.3) is 11.2 Å². The number of nitrogens with two attached hydrogens (primary N) is 1. The summed E-state index contributed by atoms with van der Waals surface area (Å²) in [6.07, 6.45) is 5.59. The van der Waals surface area contributed by atoms with Crippen LogP contribution in [0.2, 0.25) is 5.02 Å². The van der Waals surface area contributed by atoms with E-state index in [-0.39, 0.29) is 0 Å². The molecule has 1 saturated heterocycles. The normalized spacial score (nSPS) is 17.1. The molecule has 2 N–H and O–H groups in total. The molecule has 3 heterocycles. The SMILES string of the molecule is Nc1nc2cc(Cl)cnc2n1CCN1CCCCC1. The lowest BCUT2D eigenvalue weighted by Crippen LogP contribution is -2.32. The topological polar surface area (TPSA) is 60.0 Å². The number of rotatable bonds is 3. The minimum absolute atomic E-state index is 0.516. The smallest absolute Gasteiger partial charge is 0.202 e. The van der Waals surface area contributed by atoms with Gasteiger partial charge in [-0.15, -0.1) is 0 Å². The van der Waals surface area contributed by atoms with Gasteiger partial charge in [0.25, 0.3) is 0 Å². The summed E-state index contributed by atoms with van der Waals surface area (Å²) in [5.74, 6) is 0.516. The Morgan fingerprint density at radius 3 is 2.79 bits per heavy atom. The number of likely N-dealkylation sites (tertiary alicyclic amines) is 1. The lowest BCUT2D eigenvalue weighted by atomic mass is 10.1. The summed E-state index contributed by atoms with van der Waals surface area (Å²) in [6, 6.07) is 1.80. The number of nitrogen functional groups attached to an aromatic ring is 1. The number of imidazole rings is 1. The van der Waals surface area contributed by atoms with Crippen molar-refractivity contribution in [2.24, 2.45) is 0 Å². The van der Waals surface area contributed by atoms with Crippen LogP contribution in [0.5, 0.6) is 0 Å². The molecule has 0 atom stereocenters. The minimum atomic E-state index is 0.516. The van der Waals surface area contributed by atoms with E-state index in [1.165, 1.54) is 32.4 Å². The lowest BCUT2D eigenvalue weighted by molar-refractivity contribution is 0.222. The first-order valence-corrected chi connectivity index (χ1v) is 7.11. The van der Waals surface area contributed by atoms with Crippen molar-refractivity contribution < 1.29 is 0 Å². The third-order valence-electron chi connectivity index (χ3n) is 3.67. The van der Waals surface area contributed by atoms with Crippen LogP contribution in [-0.2, 0) is 6.54 Å². The summed E-state index contributed by atoms with van der Waals surface area (Å²) < 4.78 is 1.97. The van der Waals surface area contributed by atoms with Gasteiger partial charge in [0.05, 0.1) is 5.02 Å². The van der Waals surface area contributed by atoms with Gasteiger partial charge in [-0.05, 0) is 32.0 Å². The third kappa shape index (κ3) is 2.67. The average Bonchev–Trinajstić information content (AvgIpc) is 2.72. The molecule has 0 amide bonds. The number of anilines is 1. The molecule has 0 aliphatic carbocycles. The van der Waals surface area contributed by atoms with Crippen LogP contribution in [0, 0.1) is 0 Å². The second kappa shape index (κ2) is 5.35. The van der Waals surface area contributed by atoms with Gasteiger partial charge in [0.2, 0.25) is 5.95 Å². The molecule has 0 aromatic carbocycles. The number of pyridine rings is 1. The van der Waals surface area contributed by atoms with E-state index in [2.05, 4.69) is 14.9 Å². The molecule has 0 radical (unpaired) electrons. The molecule has 0 spiro atoms. The fourth-order valence-electron chi connectivity index (χ4n) is 2.65. The van der Waals surface area contributed by atoms with Crippen LogP contribution in [0.1, 0.15) is 19.3 Å². The highest BCUT2D eigenvalue weighted by molar-refractivity contribution is 6.31. The molecular formula is C13H18ClN5. The van der Waals surface area contributed by atoms with Crippen molar-refractivity contribution in [3.8, 4) is 0 Å². The standard InChI is InChI=1S/C13H18ClN5/c14-10-8-11-12(16-9-10)19(13(15)17-11)7-6-18-4-2-1-3-5-18/h8-9H,1-7H2,(H2,15,17). The molecule has 0 saturated carbocycles. The van der Waals surface area contributed by atoms with Gasteiger partial charge in [-0.25, -0.2) is 9.97 Å².